The summed E-state index contributed by atoms with van der Waals surface area (Å²) in [5.41, 5.74) is 0. The van der Waals surface area contributed by atoms with Crippen LogP contribution >= 0.6 is 15.2 Å². The summed E-state index contributed by atoms with van der Waals surface area (Å²) in [4.78, 5) is 37.0. The number of unbranched alkanes of at least 4 members (excludes halogenated alkanes) is 1. The number of rotatable bonds is 11. The Kier molecular flexibility index (Phi) is 8.52. The lowest BCUT2D eigenvalue weighted by Gasteiger charge is -2.41. The van der Waals surface area contributed by atoms with Gasteiger partial charge in [-0.2, -0.15) is 0 Å². The van der Waals surface area contributed by atoms with Crippen LogP contribution in [0.2, 0.25) is 0 Å². The van der Waals surface area contributed by atoms with E-state index in [1.165, 1.54) is 0 Å². The predicted molar refractivity (Wildman–Crippen MR) is 96.8 cm³/mol. The highest BCUT2D eigenvalue weighted by atomic mass is 31.2. The summed E-state index contributed by atoms with van der Waals surface area (Å²) in [6.07, 6.45) is 2.39. The zero-order valence-electron chi connectivity index (χ0n) is 16.2. The smallest absolute Gasteiger partial charge is 0.367 e. The second-order valence-corrected chi connectivity index (χ2v) is 12.4. The molecule has 0 aliphatic heterocycles. The van der Waals surface area contributed by atoms with E-state index in [9.17, 15) is 33.8 Å². The molecule has 1 atom stereocenters. The molecule has 0 saturated heterocycles. The van der Waals surface area contributed by atoms with Crippen LogP contribution in [0.3, 0.4) is 0 Å². The molecule has 0 radical (unpaired) electrons. The Morgan fingerprint density at radius 2 is 1.40 bits per heavy atom. The Bertz CT molecular complexity index is 500. The number of hydrogen-bond acceptors (Lipinski definition) is 3. The Morgan fingerprint density at radius 3 is 1.72 bits per heavy atom. The van der Waals surface area contributed by atoms with Crippen LogP contribution in [0.1, 0.15) is 32.6 Å². The lowest BCUT2D eigenvalue weighted by atomic mass is 10.1. The van der Waals surface area contributed by atoms with E-state index in [2.05, 4.69) is 28.1 Å². The maximum Gasteiger partial charge on any atom is 0.369 e. The summed E-state index contributed by atoms with van der Waals surface area (Å²) in [6, 6.07) is 0.271. The van der Waals surface area contributed by atoms with E-state index in [0.717, 1.165) is 19.3 Å². The van der Waals surface area contributed by atoms with Crippen molar-refractivity contribution in [3.8, 4) is 0 Å². The van der Waals surface area contributed by atoms with Crippen molar-refractivity contribution in [3.63, 3.8) is 0 Å². The fourth-order valence-corrected chi connectivity index (χ4v) is 4.88. The normalized spacial score (nSPS) is 16.1. The molecule has 0 aromatic heterocycles. The molecule has 0 aromatic carbocycles. The van der Waals surface area contributed by atoms with E-state index < -0.39 is 26.7 Å². The topological polar surface area (TPSA) is 135 Å². The van der Waals surface area contributed by atoms with Gasteiger partial charge in [0.2, 0.25) is 0 Å². The first-order chi connectivity index (χ1) is 10.9. The molecule has 0 heterocycles. The van der Waals surface area contributed by atoms with Crippen molar-refractivity contribution in [2.24, 2.45) is 0 Å². The highest BCUT2D eigenvalue weighted by molar-refractivity contribution is 7.72. The Morgan fingerprint density at radius 1 is 0.960 bits per heavy atom. The molecule has 0 aliphatic rings. The monoisotopic (exact) mass is 406 g/mol. The number of nitrogens with zero attached hydrogens (tertiary/aromatic N) is 2. The summed E-state index contributed by atoms with van der Waals surface area (Å²) in [7, 11) is -0.933. The molecule has 9 nitrogen and oxygen atoms in total. The van der Waals surface area contributed by atoms with Gasteiger partial charge in [-0.1, -0.05) is 13.3 Å². The van der Waals surface area contributed by atoms with Crippen LogP contribution in [0, 0.1) is 0 Å². The molecule has 0 aromatic rings. The fourth-order valence-electron chi connectivity index (χ4n) is 2.74. The summed E-state index contributed by atoms with van der Waals surface area (Å²) in [5.74, 6) is 0. The van der Waals surface area contributed by atoms with E-state index >= 15 is 0 Å². The van der Waals surface area contributed by atoms with Crippen molar-refractivity contribution < 1.29 is 42.8 Å². The van der Waals surface area contributed by atoms with Crippen LogP contribution in [0.25, 0.3) is 0 Å². The van der Waals surface area contributed by atoms with Gasteiger partial charge in [-0.25, -0.2) is 0 Å². The summed E-state index contributed by atoms with van der Waals surface area (Å²) >= 11 is 0. The Hall–Kier alpha value is 0.180. The number of likely N-dealkylation sites (N-methyl/N-ethyl adjacent to an activating group) is 2. The average molecular weight is 406 g/mol. The molecule has 1 unspecified atom stereocenters. The van der Waals surface area contributed by atoms with Gasteiger partial charge in [-0.15, -0.1) is 0 Å². The molecular formula is C14H36N2O7P2+2. The zero-order chi connectivity index (χ0) is 20.3. The molecule has 0 amide bonds. The van der Waals surface area contributed by atoms with E-state index in [4.69, 9.17) is 0 Å². The molecule has 11 heteroatoms. The van der Waals surface area contributed by atoms with E-state index in [0.29, 0.717) is 11.0 Å². The molecule has 152 valence electrons. The van der Waals surface area contributed by atoms with Gasteiger partial charge >= 0.3 is 15.2 Å². The molecule has 0 aliphatic carbocycles. The van der Waals surface area contributed by atoms with Gasteiger partial charge in [0.1, 0.15) is 12.6 Å². The third-order valence-electron chi connectivity index (χ3n) is 4.68. The predicted octanol–water partition coefficient (Wildman–Crippen LogP) is 0.719. The highest BCUT2D eigenvalue weighted by Crippen LogP contribution is 2.68. The standard InChI is InChI=1S/C14H34N2O7P2/c1-7-8-9-13(15(2,3)4)12-16(5,6)11-10-14(17,24(18,19)20)25(21,22)23/h13,17H,7-12H2,1-6H3,(H2-2,18,19,20,21,22,23)/p+2. The third-order valence-corrected chi connectivity index (χ3v) is 8.55. The van der Waals surface area contributed by atoms with Crippen molar-refractivity contribution in [1.82, 2.24) is 0 Å². The van der Waals surface area contributed by atoms with Gasteiger partial charge < -0.3 is 33.6 Å². The Labute approximate surface area is 150 Å². The molecule has 5 N–H and O–H groups in total. The van der Waals surface area contributed by atoms with Crippen LogP contribution < -0.4 is 0 Å². The minimum Gasteiger partial charge on any atom is -0.367 e. The number of quaternary nitrogens is 2. The fraction of sp³-hybridized carbons (Fsp3) is 1.00. The van der Waals surface area contributed by atoms with Crippen molar-refractivity contribution in [1.29, 1.82) is 0 Å². The summed E-state index contributed by atoms with van der Waals surface area (Å²) in [5, 5.41) is 6.70. The maximum atomic E-state index is 11.5. The van der Waals surface area contributed by atoms with Crippen molar-refractivity contribution >= 4 is 15.2 Å². The molecule has 0 spiro atoms. The minimum absolute atomic E-state index is 0.0232. The minimum atomic E-state index is -5.40. The second kappa shape index (κ2) is 8.46. The third kappa shape index (κ3) is 7.37. The van der Waals surface area contributed by atoms with E-state index in [-0.39, 0.29) is 17.1 Å². The largest absolute Gasteiger partial charge is 0.369 e. The van der Waals surface area contributed by atoms with Crippen molar-refractivity contribution in [2.45, 2.75) is 43.7 Å². The van der Waals surface area contributed by atoms with Crippen LogP contribution in [0.5, 0.6) is 0 Å². The van der Waals surface area contributed by atoms with Gasteiger partial charge in [0.25, 0.3) is 5.08 Å². The first-order valence-electron chi connectivity index (χ1n) is 8.34. The lowest BCUT2D eigenvalue weighted by molar-refractivity contribution is -0.955. The molecule has 0 bridgehead atoms. The Balaban J connectivity index is 5.29. The quantitative estimate of drug-likeness (QED) is 0.252. The highest BCUT2D eigenvalue weighted by Gasteiger charge is 2.59. The first-order valence-corrected chi connectivity index (χ1v) is 11.6. The van der Waals surface area contributed by atoms with Crippen LogP contribution in [0.15, 0.2) is 0 Å². The lowest BCUT2D eigenvalue weighted by Crippen LogP contribution is -2.56. The summed E-state index contributed by atoms with van der Waals surface area (Å²) < 4.78 is 24.0. The van der Waals surface area contributed by atoms with Gasteiger partial charge in [-0.05, 0) is 6.42 Å². The number of aliphatic hydroxyl groups is 1. The first kappa shape index (κ1) is 25.2. The van der Waals surface area contributed by atoms with Crippen molar-refractivity contribution in [2.75, 3.05) is 48.3 Å². The van der Waals surface area contributed by atoms with E-state index in [1.807, 2.05) is 14.1 Å². The van der Waals surface area contributed by atoms with Gasteiger partial charge in [0.05, 0.1) is 41.8 Å². The molecule has 0 rings (SSSR count). The molecule has 0 saturated carbocycles. The van der Waals surface area contributed by atoms with Gasteiger partial charge in [0.15, 0.2) is 0 Å². The SMILES string of the molecule is CCCCC(C[N+](C)(C)CCC(O)(P(=O)(O)O)P(=O)(O)O)[N+](C)(C)C. The maximum absolute atomic E-state index is 11.5. The second-order valence-electron chi connectivity index (χ2n) is 8.37. The van der Waals surface area contributed by atoms with E-state index in [1.54, 1.807) is 0 Å². The summed E-state index contributed by atoms with van der Waals surface area (Å²) in [6.45, 7) is 2.78. The van der Waals surface area contributed by atoms with Gasteiger partial charge in [0, 0.05) is 12.8 Å². The van der Waals surface area contributed by atoms with Crippen LogP contribution in [-0.4, -0.2) is 93.1 Å². The van der Waals surface area contributed by atoms with Gasteiger partial charge in [-0.3, -0.25) is 9.13 Å². The van der Waals surface area contributed by atoms with Crippen molar-refractivity contribution in [3.05, 3.63) is 0 Å². The van der Waals surface area contributed by atoms with Crippen LogP contribution in [-0.2, 0) is 9.13 Å². The zero-order valence-corrected chi connectivity index (χ0v) is 18.0. The number of hydrogen-bond donors (Lipinski definition) is 5. The van der Waals surface area contributed by atoms with Crippen LogP contribution in [0.4, 0.5) is 0 Å². The molecular weight excluding hydrogens is 370 g/mol. The molecule has 0 fully saturated rings. The molecule has 25 heavy (non-hydrogen) atoms. The average Bonchev–Trinajstić information content (AvgIpc) is 2.37.